The topological polar surface area (TPSA) is 83.0 Å². The van der Waals surface area contributed by atoms with E-state index in [9.17, 15) is 22.0 Å². The summed E-state index contributed by atoms with van der Waals surface area (Å²) in [6.45, 7) is 6.26. The van der Waals surface area contributed by atoms with E-state index < -0.39 is 50.0 Å². The first-order valence-corrected chi connectivity index (χ1v) is 12.5. The fraction of sp³-hybridized carbons (Fsp3) is 0.700. The number of piperazine rings is 1. The van der Waals surface area contributed by atoms with Crippen molar-refractivity contribution in [3.63, 3.8) is 0 Å². The third-order valence-electron chi connectivity index (χ3n) is 5.95. The molecule has 2 saturated heterocycles. The third kappa shape index (κ3) is 5.45. The first-order valence-electron chi connectivity index (χ1n) is 10.8. The van der Waals surface area contributed by atoms with Crippen molar-refractivity contribution in [1.82, 2.24) is 14.8 Å². The molecule has 2 aliphatic rings. The van der Waals surface area contributed by atoms with Gasteiger partial charge in [-0.05, 0) is 25.7 Å². The van der Waals surface area contributed by atoms with Crippen molar-refractivity contribution >= 4 is 21.7 Å². The van der Waals surface area contributed by atoms with Crippen molar-refractivity contribution in [3.05, 3.63) is 17.6 Å². The van der Waals surface area contributed by atoms with Crippen molar-refractivity contribution < 1.29 is 31.1 Å². The lowest BCUT2D eigenvalue weighted by Gasteiger charge is -2.34. The Morgan fingerprint density at radius 3 is 2.28 bits per heavy atom. The van der Waals surface area contributed by atoms with Crippen molar-refractivity contribution in [1.29, 1.82) is 0 Å². The van der Waals surface area contributed by atoms with Crippen LogP contribution in [0, 0.1) is 23.5 Å². The standard InChI is InChI=1S/C20H29F3N4O4S/c1-3-31-20(28)27-10-8-25(9-11-27)12-13-32(29,30)17-15(21)18(23)24-19(16(17)22)26-6-4-14(2)5-7-26/h14H,3-13H2,1-2H3. The highest BCUT2D eigenvalue weighted by atomic mass is 32.2. The zero-order chi connectivity index (χ0) is 23.5. The van der Waals surface area contributed by atoms with E-state index in [2.05, 4.69) is 4.98 Å². The summed E-state index contributed by atoms with van der Waals surface area (Å²) >= 11 is 0. The number of pyridine rings is 1. The normalized spacial score (nSPS) is 18.8. The molecule has 1 aromatic heterocycles. The number of sulfone groups is 1. The number of piperidine rings is 1. The quantitative estimate of drug-likeness (QED) is 0.580. The van der Waals surface area contributed by atoms with E-state index in [4.69, 9.17) is 4.74 Å². The van der Waals surface area contributed by atoms with Gasteiger partial charge in [0.1, 0.15) is 4.90 Å². The number of amides is 1. The number of ether oxygens (including phenoxy) is 1. The molecule has 8 nitrogen and oxygen atoms in total. The van der Waals surface area contributed by atoms with Crippen LogP contribution in [0.2, 0.25) is 0 Å². The molecule has 0 spiro atoms. The third-order valence-corrected chi connectivity index (χ3v) is 7.65. The van der Waals surface area contributed by atoms with Crippen LogP contribution in [-0.2, 0) is 14.6 Å². The molecule has 0 unspecified atom stereocenters. The van der Waals surface area contributed by atoms with E-state index in [1.807, 2.05) is 6.92 Å². The zero-order valence-corrected chi connectivity index (χ0v) is 19.1. The van der Waals surface area contributed by atoms with Crippen LogP contribution in [0.3, 0.4) is 0 Å². The SMILES string of the molecule is CCOC(=O)N1CCN(CCS(=O)(=O)c2c(F)c(F)nc(N3CCC(C)CC3)c2F)CC1. The number of anilines is 1. The highest BCUT2D eigenvalue weighted by Gasteiger charge is 2.33. The molecular weight excluding hydrogens is 449 g/mol. The maximum Gasteiger partial charge on any atom is 0.409 e. The van der Waals surface area contributed by atoms with Crippen molar-refractivity contribution in [2.75, 3.05) is 63.1 Å². The molecule has 0 bridgehead atoms. The Morgan fingerprint density at radius 1 is 1.06 bits per heavy atom. The minimum absolute atomic E-state index is 0.00160. The summed E-state index contributed by atoms with van der Waals surface area (Å²) in [7, 11) is -4.46. The van der Waals surface area contributed by atoms with Gasteiger partial charge in [-0.15, -0.1) is 0 Å². The molecule has 32 heavy (non-hydrogen) atoms. The average Bonchev–Trinajstić information content (AvgIpc) is 2.76. The lowest BCUT2D eigenvalue weighted by molar-refractivity contribution is 0.0812. The summed E-state index contributed by atoms with van der Waals surface area (Å²) in [5.41, 5.74) is 0. The number of hydrogen-bond donors (Lipinski definition) is 0. The highest BCUT2D eigenvalue weighted by molar-refractivity contribution is 7.91. The van der Waals surface area contributed by atoms with Crippen LogP contribution >= 0.6 is 0 Å². The molecule has 1 aromatic rings. The van der Waals surface area contributed by atoms with Gasteiger partial charge in [0.05, 0.1) is 12.4 Å². The zero-order valence-electron chi connectivity index (χ0n) is 18.3. The summed E-state index contributed by atoms with van der Waals surface area (Å²) in [6, 6.07) is 0. The van der Waals surface area contributed by atoms with Crippen LogP contribution in [0.5, 0.6) is 0 Å². The van der Waals surface area contributed by atoms with Gasteiger partial charge in [0, 0.05) is 45.8 Å². The summed E-state index contributed by atoms with van der Waals surface area (Å²) in [6.07, 6.45) is 1.01. The fourth-order valence-electron chi connectivity index (χ4n) is 3.91. The summed E-state index contributed by atoms with van der Waals surface area (Å²) in [5.74, 6) is -5.39. The number of nitrogens with zero attached hydrogens (tertiary/aromatic N) is 4. The summed E-state index contributed by atoms with van der Waals surface area (Å²) in [4.78, 5) is 18.6. The maximum absolute atomic E-state index is 15.1. The molecule has 0 aliphatic carbocycles. The lowest BCUT2D eigenvalue weighted by Crippen LogP contribution is -2.49. The van der Waals surface area contributed by atoms with Gasteiger partial charge in [-0.1, -0.05) is 6.92 Å². The highest BCUT2D eigenvalue weighted by Crippen LogP contribution is 2.31. The van der Waals surface area contributed by atoms with Gasteiger partial charge in [0.15, 0.2) is 27.3 Å². The Hall–Kier alpha value is -2.08. The van der Waals surface area contributed by atoms with Gasteiger partial charge in [-0.25, -0.2) is 22.0 Å². The summed E-state index contributed by atoms with van der Waals surface area (Å²) < 4.78 is 74.2. The minimum atomic E-state index is -4.46. The molecule has 2 aliphatic heterocycles. The number of rotatable bonds is 6. The van der Waals surface area contributed by atoms with Crippen LogP contribution in [-0.4, -0.2) is 87.5 Å². The predicted octanol–water partition coefficient (Wildman–Crippen LogP) is 2.28. The molecule has 0 atom stereocenters. The maximum atomic E-state index is 15.1. The molecule has 3 heterocycles. The van der Waals surface area contributed by atoms with Crippen LogP contribution in [0.25, 0.3) is 0 Å². The van der Waals surface area contributed by atoms with Crippen LogP contribution in [0.1, 0.15) is 26.7 Å². The van der Waals surface area contributed by atoms with Gasteiger partial charge in [-0.3, -0.25) is 4.90 Å². The second-order valence-electron chi connectivity index (χ2n) is 8.20. The Kier molecular flexibility index (Phi) is 7.86. The van der Waals surface area contributed by atoms with E-state index in [1.165, 1.54) is 9.80 Å². The molecule has 3 rings (SSSR count). The van der Waals surface area contributed by atoms with Gasteiger partial charge >= 0.3 is 6.09 Å². The fourth-order valence-corrected chi connectivity index (χ4v) is 5.33. The lowest BCUT2D eigenvalue weighted by atomic mass is 9.99. The number of aromatic nitrogens is 1. The molecule has 1 amide bonds. The van der Waals surface area contributed by atoms with Crippen LogP contribution < -0.4 is 4.90 Å². The van der Waals surface area contributed by atoms with Crippen molar-refractivity contribution in [2.45, 2.75) is 31.6 Å². The van der Waals surface area contributed by atoms with E-state index in [0.29, 0.717) is 45.2 Å². The molecule has 2 fully saturated rings. The number of hydrogen-bond acceptors (Lipinski definition) is 7. The first kappa shape index (κ1) is 24.6. The van der Waals surface area contributed by atoms with E-state index >= 15 is 4.39 Å². The summed E-state index contributed by atoms with van der Waals surface area (Å²) in [5, 5.41) is 0. The molecule has 0 aromatic carbocycles. The number of carbonyl (C=O) groups is 1. The predicted molar refractivity (Wildman–Crippen MR) is 112 cm³/mol. The first-order chi connectivity index (χ1) is 15.1. The van der Waals surface area contributed by atoms with Crippen molar-refractivity contribution in [2.24, 2.45) is 5.92 Å². The Bertz CT molecular complexity index is 931. The second-order valence-corrected chi connectivity index (χ2v) is 10.2. The molecule has 0 saturated carbocycles. The number of halogens is 3. The van der Waals surface area contributed by atoms with E-state index in [0.717, 1.165) is 12.8 Å². The van der Waals surface area contributed by atoms with E-state index in [-0.39, 0.29) is 13.2 Å². The molecule has 12 heteroatoms. The second kappa shape index (κ2) is 10.2. The van der Waals surface area contributed by atoms with Gasteiger partial charge in [0.25, 0.3) is 5.95 Å². The molecule has 180 valence electrons. The van der Waals surface area contributed by atoms with Gasteiger partial charge in [0.2, 0.25) is 0 Å². The Balaban J connectivity index is 1.71. The molecule has 0 radical (unpaired) electrons. The monoisotopic (exact) mass is 478 g/mol. The van der Waals surface area contributed by atoms with Crippen LogP contribution in [0.15, 0.2) is 4.90 Å². The number of carbonyl (C=O) groups excluding carboxylic acids is 1. The Labute approximate surface area is 186 Å². The van der Waals surface area contributed by atoms with Crippen LogP contribution in [0.4, 0.5) is 23.8 Å². The van der Waals surface area contributed by atoms with Gasteiger partial charge in [-0.2, -0.15) is 9.37 Å². The van der Waals surface area contributed by atoms with Gasteiger partial charge < -0.3 is 14.5 Å². The molecule has 0 N–H and O–H groups in total. The average molecular weight is 479 g/mol. The minimum Gasteiger partial charge on any atom is -0.450 e. The van der Waals surface area contributed by atoms with Crippen molar-refractivity contribution in [3.8, 4) is 0 Å². The molecular formula is C20H29F3N4O4S. The van der Waals surface area contributed by atoms with E-state index in [1.54, 1.807) is 11.8 Å². The largest absolute Gasteiger partial charge is 0.450 e. The Morgan fingerprint density at radius 2 is 1.69 bits per heavy atom. The smallest absolute Gasteiger partial charge is 0.409 e.